The Bertz CT molecular complexity index is 1170. The largest absolute Gasteiger partial charge is 0.495 e. The highest BCUT2D eigenvalue weighted by molar-refractivity contribution is 6.32. The molecule has 3 aromatic rings. The average molecular weight is 442 g/mol. The highest BCUT2D eigenvalue weighted by atomic mass is 35.5. The van der Waals surface area contributed by atoms with Crippen molar-refractivity contribution < 1.29 is 4.74 Å². The van der Waals surface area contributed by atoms with Crippen LogP contribution >= 0.6 is 24.0 Å². The zero-order chi connectivity index (χ0) is 21.0. The van der Waals surface area contributed by atoms with Crippen LogP contribution < -0.4 is 15.8 Å². The molecule has 154 valence electrons. The van der Waals surface area contributed by atoms with E-state index in [2.05, 4.69) is 32.2 Å². The van der Waals surface area contributed by atoms with Crippen molar-refractivity contribution in [3.05, 3.63) is 64.1 Å². The molecular formula is C22H21Cl2N5O. The third-order valence-electron chi connectivity index (χ3n) is 4.07. The summed E-state index contributed by atoms with van der Waals surface area (Å²) in [5.74, 6) is 7.16. The van der Waals surface area contributed by atoms with Crippen molar-refractivity contribution in [1.29, 1.82) is 0 Å². The SMILES string of the molecule is Cl.[C-]#[N+]c1ccc2c(C#CC(C)(C)N)nnc(NCc3ccc(OC)c(Cl)c3)c2c1. The van der Waals surface area contributed by atoms with Gasteiger partial charge in [0.15, 0.2) is 11.5 Å². The number of hydrogen-bond acceptors (Lipinski definition) is 5. The Morgan fingerprint density at radius 1 is 1.20 bits per heavy atom. The zero-order valence-electron chi connectivity index (χ0n) is 16.8. The number of methoxy groups -OCH3 is 1. The van der Waals surface area contributed by atoms with Gasteiger partial charge in [-0.1, -0.05) is 35.7 Å². The first kappa shape index (κ1) is 23.3. The van der Waals surface area contributed by atoms with Gasteiger partial charge in [-0.2, -0.15) is 0 Å². The predicted octanol–water partition coefficient (Wildman–Crippen LogP) is 4.97. The molecule has 1 aromatic heterocycles. The van der Waals surface area contributed by atoms with Crippen molar-refractivity contribution in [2.45, 2.75) is 25.9 Å². The van der Waals surface area contributed by atoms with E-state index in [1.165, 1.54) is 0 Å². The molecule has 0 bridgehead atoms. The van der Waals surface area contributed by atoms with E-state index in [0.29, 0.717) is 34.5 Å². The number of benzene rings is 2. The molecule has 0 aliphatic carbocycles. The van der Waals surface area contributed by atoms with Crippen molar-refractivity contribution in [2.24, 2.45) is 5.73 Å². The summed E-state index contributed by atoms with van der Waals surface area (Å²) >= 11 is 6.20. The van der Waals surface area contributed by atoms with Gasteiger partial charge in [0.25, 0.3) is 0 Å². The molecule has 3 rings (SSSR count). The van der Waals surface area contributed by atoms with E-state index in [4.69, 9.17) is 28.6 Å². The van der Waals surface area contributed by atoms with E-state index in [9.17, 15) is 0 Å². The lowest BCUT2D eigenvalue weighted by Gasteiger charge is -2.11. The van der Waals surface area contributed by atoms with Crippen LogP contribution in [-0.2, 0) is 6.54 Å². The van der Waals surface area contributed by atoms with E-state index in [-0.39, 0.29) is 12.4 Å². The van der Waals surface area contributed by atoms with Crippen LogP contribution in [0.5, 0.6) is 5.75 Å². The monoisotopic (exact) mass is 441 g/mol. The molecule has 0 saturated heterocycles. The number of fused-ring (bicyclic) bond motifs is 1. The van der Waals surface area contributed by atoms with E-state index < -0.39 is 5.54 Å². The maximum atomic E-state index is 7.30. The minimum Gasteiger partial charge on any atom is -0.495 e. The van der Waals surface area contributed by atoms with Crippen molar-refractivity contribution in [3.8, 4) is 17.6 Å². The molecule has 30 heavy (non-hydrogen) atoms. The Morgan fingerprint density at radius 2 is 1.97 bits per heavy atom. The molecule has 1 heterocycles. The molecule has 0 aliphatic rings. The first-order valence-electron chi connectivity index (χ1n) is 8.87. The van der Waals surface area contributed by atoms with Gasteiger partial charge in [-0.3, -0.25) is 0 Å². The van der Waals surface area contributed by atoms with Crippen molar-refractivity contribution in [2.75, 3.05) is 12.4 Å². The molecule has 0 atom stereocenters. The van der Waals surface area contributed by atoms with Crippen molar-refractivity contribution in [1.82, 2.24) is 10.2 Å². The summed E-state index contributed by atoms with van der Waals surface area (Å²) in [5, 5.41) is 13.9. The van der Waals surface area contributed by atoms with Crippen LogP contribution in [0, 0.1) is 18.4 Å². The van der Waals surface area contributed by atoms with E-state index in [1.54, 1.807) is 19.2 Å². The minimum atomic E-state index is -0.644. The van der Waals surface area contributed by atoms with Gasteiger partial charge in [0.05, 0.1) is 24.2 Å². The fourth-order valence-electron chi connectivity index (χ4n) is 2.66. The van der Waals surface area contributed by atoms with Gasteiger partial charge >= 0.3 is 0 Å². The summed E-state index contributed by atoms with van der Waals surface area (Å²) in [7, 11) is 1.58. The summed E-state index contributed by atoms with van der Waals surface area (Å²) in [6.07, 6.45) is 0. The molecule has 0 radical (unpaired) electrons. The van der Waals surface area contributed by atoms with Crippen LogP contribution in [0.3, 0.4) is 0 Å². The Balaban J connectivity index is 0.00000320. The first-order valence-corrected chi connectivity index (χ1v) is 9.25. The summed E-state index contributed by atoms with van der Waals surface area (Å²) in [4.78, 5) is 3.51. The van der Waals surface area contributed by atoms with Crippen LogP contribution in [0.2, 0.25) is 5.02 Å². The molecule has 0 unspecified atom stereocenters. The molecule has 0 amide bonds. The Labute approximate surface area is 187 Å². The first-order chi connectivity index (χ1) is 13.8. The number of aromatic nitrogens is 2. The standard InChI is InChI=1S/C22H20ClN5O.ClH/c1-22(2,24)10-9-19-16-7-6-15(25-3)12-17(16)21(28-27-19)26-13-14-5-8-20(29-4)18(23)11-14;/h5-8,11-12H,13,24H2,1-2,4H3,(H,26,28);1H. The topological polar surface area (TPSA) is 77.4 Å². The summed E-state index contributed by atoms with van der Waals surface area (Å²) in [6.45, 7) is 11.4. The lowest BCUT2D eigenvalue weighted by atomic mass is 10.1. The van der Waals surface area contributed by atoms with Crippen LogP contribution in [0.15, 0.2) is 36.4 Å². The van der Waals surface area contributed by atoms with Gasteiger partial charge in [-0.15, -0.1) is 22.6 Å². The third-order valence-corrected chi connectivity index (χ3v) is 4.37. The maximum absolute atomic E-state index is 7.30. The highest BCUT2D eigenvalue weighted by Gasteiger charge is 2.11. The number of halogens is 2. The number of nitrogens with two attached hydrogens (primary N) is 1. The summed E-state index contributed by atoms with van der Waals surface area (Å²) in [6, 6.07) is 10.9. The maximum Gasteiger partial charge on any atom is 0.188 e. The molecule has 0 spiro atoms. The van der Waals surface area contributed by atoms with Crippen LogP contribution in [-0.4, -0.2) is 22.8 Å². The summed E-state index contributed by atoms with van der Waals surface area (Å²) < 4.78 is 5.18. The zero-order valence-corrected chi connectivity index (χ0v) is 18.4. The fraction of sp³-hybridized carbons (Fsp3) is 0.227. The van der Waals surface area contributed by atoms with Gasteiger partial charge in [0.2, 0.25) is 0 Å². The molecular weight excluding hydrogens is 421 g/mol. The van der Waals surface area contributed by atoms with Crippen molar-refractivity contribution >= 4 is 46.3 Å². The lowest BCUT2D eigenvalue weighted by molar-refractivity contribution is 0.415. The fourth-order valence-corrected chi connectivity index (χ4v) is 2.94. The lowest BCUT2D eigenvalue weighted by Crippen LogP contribution is -2.29. The molecule has 8 heteroatoms. The summed E-state index contributed by atoms with van der Waals surface area (Å²) in [5.41, 5.74) is 7.30. The van der Waals surface area contributed by atoms with Gasteiger partial charge in [0.1, 0.15) is 11.4 Å². The van der Waals surface area contributed by atoms with Crippen LogP contribution in [0.1, 0.15) is 25.1 Å². The Kier molecular flexibility index (Phi) is 7.48. The molecule has 0 aliphatic heterocycles. The Hall–Kier alpha value is -3.03. The van der Waals surface area contributed by atoms with E-state index >= 15 is 0 Å². The average Bonchev–Trinajstić information content (AvgIpc) is 2.70. The second-order valence-corrected chi connectivity index (χ2v) is 7.44. The number of anilines is 1. The molecule has 2 aromatic carbocycles. The minimum absolute atomic E-state index is 0. The van der Waals surface area contributed by atoms with Gasteiger partial charge in [-0.05, 0) is 43.5 Å². The van der Waals surface area contributed by atoms with Crippen LogP contribution in [0.4, 0.5) is 11.5 Å². The predicted molar refractivity (Wildman–Crippen MR) is 124 cm³/mol. The van der Waals surface area contributed by atoms with Crippen LogP contribution in [0.25, 0.3) is 15.6 Å². The molecule has 6 nitrogen and oxygen atoms in total. The smallest absolute Gasteiger partial charge is 0.188 e. The third kappa shape index (κ3) is 5.52. The van der Waals surface area contributed by atoms with Gasteiger partial charge in [-0.25, -0.2) is 4.85 Å². The molecule has 3 N–H and O–H groups in total. The molecule has 0 fully saturated rings. The number of rotatable bonds is 4. The number of nitrogens with one attached hydrogen (secondary N) is 1. The van der Waals surface area contributed by atoms with E-state index in [0.717, 1.165) is 16.3 Å². The Morgan fingerprint density at radius 3 is 2.60 bits per heavy atom. The normalized spacial score (nSPS) is 10.4. The number of ether oxygens (including phenoxy) is 1. The highest BCUT2D eigenvalue weighted by Crippen LogP contribution is 2.29. The quantitative estimate of drug-likeness (QED) is 0.441. The van der Waals surface area contributed by atoms with Crippen molar-refractivity contribution in [3.63, 3.8) is 0 Å². The van der Waals surface area contributed by atoms with Gasteiger partial charge in [0, 0.05) is 17.3 Å². The molecule has 0 saturated carbocycles. The van der Waals surface area contributed by atoms with E-state index in [1.807, 2.05) is 38.1 Å². The second kappa shape index (κ2) is 9.65. The number of hydrogen-bond donors (Lipinski definition) is 2. The van der Waals surface area contributed by atoms with Gasteiger partial charge < -0.3 is 15.8 Å². The number of nitrogens with zero attached hydrogens (tertiary/aromatic N) is 3. The second-order valence-electron chi connectivity index (χ2n) is 7.03.